The minimum atomic E-state index is 0.639. The van der Waals surface area contributed by atoms with Gasteiger partial charge in [-0.2, -0.15) is 0 Å². The summed E-state index contributed by atoms with van der Waals surface area (Å²) < 4.78 is 1.21. The van der Waals surface area contributed by atoms with Crippen LogP contribution in [0.15, 0.2) is 15.9 Å². The van der Waals surface area contributed by atoms with Gasteiger partial charge >= 0.3 is 0 Å². The zero-order chi connectivity index (χ0) is 10.4. The van der Waals surface area contributed by atoms with E-state index in [4.69, 9.17) is 0 Å². The second-order valence-electron chi connectivity index (χ2n) is 3.49. The maximum absolute atomic E-state index is 3.57. The number of hydrogen-bond donors (Lipinski definition) is 1. The van der Waals surface area contributed by atoms with E-state index in [0.29, 0.717) is 6.04 Å². The molecule has 1 nitrogen and oxygen atoms in total. The zero-order valence-corrected chi connectivity index (χ0v) is 11.2. The molecule has 0 bridgehead atoms. The highest BCUT2D eigenvalue weighted by atomic mass is 79.9. The first-order valence-electron chi connectivity index (χ1n) is 5.22. The lowest BCUT2D eigenvalue weighted by atomic mass is 10.1. The summed E-state index contributed by atoms with van der Waals surface area (Å²) >= 11 is 5.33. The van der Waals surface area contributed by atoms with Gasteiger partial charge in [0.05, 0.1) is 0 Å². The Balaban J connectivity index is 2.40. The zero-order valence-electron chi connectivity index (χ0n) is 8.85. The summed E-state index contributed by atoms with van der Waals surface area (Å²) in [4.78, 5) is 1.47. The Hall–Kier alpha value is 0.140. The third-order valence-corrected chi connectivity index (χ3v) is 3.97. The Morgan fingerprint density at radius 3 is 2.79 bits per heavy atom. The van der Waals surface area contributed by atoms with Gasteiger partial charge in [0.25, 0.3) is 0 Å². The molecule has 0 radical (unpaired) electrons. The maximum Gasteiger partial charge on any atom is 0.0285 e. The lowest BCUT2D eigenvalue weighted by Crippen LogP contribution is -2.30. The quantitative estimate of drug-likeness (QED) is 0.832. The molecule has 0 aromatic carbocycles. The molecule has 0 fully saturated rings. The fraction of sp³-hybridized carbons (Fsp3) is 0.636. The van der Waals surface area contributed by atoms with Crippen molar-refractivity contribution in [1.29, 1.82) is 0 Å². The largest absolute Gasteiger partial charge is 0.314 e. The van der Waals surface area contributed by atoms with Crippen LogP contribution in [0, 0.1) is 0 Å². The van der Waals surface area contributed by atoms with Crippen LogP contribution in [0.3, 0.4) is 0 Å². The van der Waals surface area contributed by atoms with E-state index in [2.05, 4.69) is 46.5 Å². The lowest BCUT2D eigenvalue weighted by Gasteiger charge is -2.15. The van der Waals surface area contributed by atoms with Crippen molar-refractivity contribution in [3.63, 3.8) is 0 Å². The van der Waals surface area contributed by atoms with Crippen molar-refractivity contribution >= 4 is 27.3 Å². The van der Waals surface area contributed by atoms with Crippen LogP contribution in [-0.4, -0.2) is 12.6 Å². The van der Waals surface area contributed by atoms with Crippen LogP contribution < -0.4 is 5.32 Å². The molecule has 0 amide bonds. The van der Waals surface area contributed by atoms with Gasteiger partial charge in [0.15, 0.2) is 0 Å². The van der Waals surface area contributed by atoms with Gasteiger partial charge in [-0.15, -0.1) is 11.3 Å². The summed E-state index contributed by atoms with van der Waals surface area (Å²) in [7, 11) is 0. The average molecular weight is 276 g/mol. The van der Waals surface area contributed by atoms with Crippen LogP contribution in [0.1, 0.15) is 31.6 Å². The predicted molar refractivity (Wildman–Crippen MR) is 68.1 cm³/mol. The second kappa shape index (κ2) is 6.59. The lowest BCUT2D eigenvalue weighted by molar-refractivity contribution is 0.497. The molecule has 0 spiro atoms. The van der Waals surface area contributed by atoms with Crippen LogP contribution in [0.2, 0.25) is 0 Å². The van der Waals surface area contributed by atoms with Gasteiger partial charge in [0.2, 0.25) is 0 Å². The minimum absolute atomic E-state index is 0.639. The highest BCUT2D eigenvalue weighted by Gasteiger charge is 2.07. The highest BCUT2D eigenvalue weighted by molar-refractivity contribution is 9.10. The van der Waals surface area contributed by atoms with Crippen molar-refractivity contribution in [3.05, 3.63) is 20.8 Å². The first-order valence-corrected chi connectivity index (χ1v) is 6.89. The molecule has 1 aromatic heterocycles. The molecule has 1 N–H and O–H groups in total. The minimum Gasteiger partial charge on any atom is -0.314 e. The molecule has 0 saturated heterocycles. The fourth-order valence-corrected chi connectivity index (χ4v) is 2.95. The van der Waals surface area contributed by atoms with Gasteiger partial charge in [0, 0.05) is 20.8 Å². The van der Waals surface area contributed by atoms with Gasteiger partial charge in [-0.05, 0) is 47.8 Å². The van der Waals surface area contributed by atoms with Crippen molar-refractivity contribution in [2.45, 2.75) is 39.2 Å². The molecule has 1 unspecified atom stereocenters. The van der Waals surface area contributed by atoms with Crippen molar-refractivity contribution < 1.29 is 0 Å². The number of nitrogens with one attached hydrogen (secondary N) is 1. The topological polar surface area (TPSA) is 12.0 Å². The van der Waals surface area contributed by atoms with Crippen molar-refractivity contribution in [3.8, 4) is 0 Å². The molecule has 14 heavy (non-hydrogen) atoms. The molecule has 1 heterocycles. The monoisotopic (exact) mass is 275 g/mol. The third-order valence-electron chi connectivity index (χ3n) is 2.25. The van der Waals surface area contributed by atoms with E-state index in [9.17, 15) is 0 Å². The summed E-state index contributed by atoms with van der Waals surface area (Å²) in [6.07, 6.45) is 3.58. The summed E-state index contributed by atoms with van der Waals surface area (Å²) in [5.41, 5.74) is 0. The maximum atomic E-state index is 3.57. The molecule has 0 aliphatic carbocycles. The Kier molecular flexibility index (Phi) is 5.75. The first-order chi connectivity index (χ1) is 6.76. The fourth-order valence-electron chi connectivity index (χ4n) is 1.41. The van der Waals surface area contributed by atoms with Crippen LogP contribution in [-0.2, 0) is 6.42 Å². The number of halogens is 1. The van der Waals surface area contributed by atoms with E-state index < -0.39 is 0 Å². The van der Waals surface area contributed by atoms with Crippen molar-refractivity contribution in [1.82, 2.24) is 5.32 Å². The molecule has 1 atom stereocenters. The van der Waals surface area contributed by atoms with Crippen LogP contribution in [0.4, 0.5) is 0 Å². The van der Waals surface area contributed by atoms with E-state index in [1.165, 1.54) is 22.2 Å². The molecule has 3 heteroatoms. The van der Waals surface area contributed by atoms with Crippen molar-refractivity contribution in [2.75, 3.05) is 6.54 Å². The third kappa shape index (κ3) is 4.11. The van der Waals surface area contributed by atoms with E-state index in [1.54, 1.807) is 0 Å². The van der Waals surface area contributed by atoms with Gasteiger partial charge in [-0.1, -0.05) is 13.8 Å². The van der Waals surface area contributed by atoms with Crippen molar-refractivity contribution in [2.24, 2.45) is 0 Å². The Labute approximate surface area is 99.0 Å². The molecular weight excluding hydrogens is 258 g/mol. The van der Waals surface area contributed by atoms with Crippen LogP contribution in [0.5, 0.6) is 0 Å². The van der Waals surface area contributed by atoms with Gasteiger partial charge in [0.1, 0.15) is 0 Å². The first kappa shape index (κ1) is 12.2. The molecular formula is C11H18BrNS. The molecule has 0 aliphatic rings. The molecule has 1 rings (SSSR count). The summed E-state index contributed by atoms with van der Waals surface area (Å²) in [6.45, 7) is 5.59. The molecule has 0 aliphatic heterocycles. The SMILES string of the molecule is CCCNC(CC)Cc1cc(Br)cs1. The smallest absolute Gasteiger partial charge is 0.0285 e. The Bertz CT molecular complexity index is 260. The Morgan fingerprint density at radius 1 is 1.50 bits per heavy atom. The number of thiophene rings is 1. The highest BCUT2D eigenvalue weighted by Crippen LogP contribution is 2.21. The second-order valence-corrected chi connectivity index (χ2v) is 5.41. The Morgan fingerprint density at radius 2 is 2.29 bits per heavy atom. The number of hydrogen-bond acceptors (Lipinski definition) is 2. The summed E-state index contributed by atoms with van der Waals surface area (Å²) in [6, 6.07) is 2.86. The number of rotatable bonds is 6. The molecule has 0 saturated carbocycles. The van der Waals surface area contributed by atoms with Crippen LogP contribution in [0.25, 0.3) is 0 Å². The van der Waals surface area contributed by atoms with Crippen LogP contribution >= 0.6 is 27.3 Å². The average Bonchev–Trinajstić information content (AvgIpc) is 2.58. The van der Waals surface area contributed by atoms with E-state index in [-0.39, 0.29) is 0 Å². The van der Waals surface area contributed by atoms with E-state index >= 15 is 0 Å². The summed E-state index contributed by atoms with van der Waals surface area (Å²) in [5, 5.41) is 5.72. The standard InChI is InChI=1S/C11H18BrNS/c1-3-5-13-10(4-2)7-11-6-9(12)8-14-11/h6,8,10,13H,3-5,7H2,1-2H3. The van der Waals surface area contributed by atoms with E-state index in [0.717, 1.165) is 13.0 Å². The van der Waals surface area contributed by atoms with Gasteiger partial charge in [-0.25, -0.2) is 0 Å². The molecule has 1 aromatic rings. The van der Waals surface area contributed by atoms with Gasteiger partial charge in [-0.3, -0.25) is 0 Å². The van der Waals surface area contributed by atoms with E-state index in [1.807, 2.05) is 11.3 Å². The molecule has 80 valence electrons. The predicted octanol–water partition coefficient (Wildman–Crippen LogP) is 3.83. The van der Waals surface area contributed by atoms with Gasteiger partial charge < -0.3 is 5.32 Å². The summed E-state index contributed by atoms with van der Waals surface area (Å²) in [5.74, 6) is 0. The normalized spacial score (nSPS) is 13.1.